The number of furan rings is 1. The molecule has 0 radical (unpaired) electrons. The second kappa shape index (κ2) is 4.15. The van der Waals surface area contributed by atoms with Gasteiger partial charge in [-0.3, -0.25) is 0 Å². The summed E-state index contributed by atoms with van der Waals surface area (Å²) < 4.78 is 5.58. The minimum Gasteiger partial charge on any atom is -0.459 e. The predicted molar refractivity (Wildman–Crippen MR) is 58.8 cm³/mol. The Morgan fingerprint density at radius 1 is 1.50 bits per heavy atom. The van der Waals surface area contributed by atoms with Crippen LogP contribution in [0.3, 0.4) is 0 Å². The maximum atomic E-state index is 5.67. The van der Waals surface area contributed by atoms with Gasteiger partial charge in [-0.15, -0.1) is 22.9 Å². The fraction of sp³-hybridized carbons (Fsp3) is 0.300. The van der Waals surface area contributed by atoms with Gasteiger partial charge in [-0.25, -0.2) is 4.98 Å². The molecular weight excluding hydrogens is 218 g/mol. The summed E-state index contributed by atoms with van der Waals surface area (Å²) in [5.41, 5.74) is 0.904. The smallest absolute Gasteiger partial charge is 0.162 e. The Morgan fingerprint density at radius 2 is 2.36 bits per heavy atom. The molecular formula is C10H10ClNOS. The van der Waals surface area contributed by atoms with Gasteiger partial charge < -0.3 is 4.42 Å². The second-order valence-corrected chi connectivity index (χ2v) is 4.02. The molecule has 0 fully saturated rings. The van der Waals surface area contributed by atoms with E-state index >= 15 is 0 Å². The molecule has 0 unspecified atom stereocenters. The lowest BCUT2D eigenvalue weighted by Crippen LogP contribution is -1.76. The Morgan fingerprint density at radius 3 is 2.93 bits per heavy atom. The second-order valence-electron chi connectivity index (χ2n) is 2.90. The molecule has 74 valence electrons. The largest absolute Gasteiger partial charge is 0.459 e. The van der Waals surface area contributed by atoms with E-state index < -0.39 is 0 Å². The molecule has 4 heteroatoms. The maximum Gasteiger partial charge on any atom is 0.162 e. The van der Waals surface area contributed by atoms with Crippen LogP contribution in [-0.2, 0) is 12.3 Å². The van der Waals surface area contributed by atoms with E-state index in [1.165, 1.54) is 0 Å². The summed E-state index contributed by atoms with van der Waals surface area (Å²) in [6.07, 6.45) is 0.910. The van der Waals surface area contributed by atoms with E-state index in [0.29, 0.717) is 5.88 Å². The van der Waals surface area contributed by atoms with Gasteiger partial charge in [-0.05, 0) is 12.1 Å². The van der Waals surface area contributed by atoms with Crippen LogP contribution in [0.1, 0.15) is 18.4 Å². The SMILES string of the molecule is CCc1ccc(-c2nc(CCl)cs2)o1. The molecule has 0 aliphatic carbocycles. The Bertz CT molecular complexity index is 381. The van der Waals surface area contributed by atoms with Crippen molar-refractivity contribution in [2.75, 3.05) is 0 Å². The molecule has 0 spiro atoms. The van der Waals surface area contributed by atoms with Crippen molar-refractivity contribution in [2.24, 2.45) is 0 Å². The first-order valence-electron chi connectivity index (χ1n) is 4.43. The highest BCUT2D eigenvalue weighted by Gasteiger charge is 2.07. The van der Waals surface area contributed by atoms with Crippen LogP contribution in [0, 0.1) is 0 Å². The Hall–Kier alpha value is -0.800. The normalized spacial score (nSPS) is 10.7. The third-order valence-corrected chi connectivity index (χ3v) is 3.09. The highest BCUT2D eigenvalue weighted by Crippen LogP contribution is 2.26. The average molecular weight is 228 g/mol. The fourth-order valence-electron chi connectivity index (χ4n) is 1.16. The Balaban J connectivity index is 2.29. The number of aryl methyl sites for hydroxylation is 1. The van der Waals surface area contributed by atoms with Gasteiger partial charge in [0.25, 0.3) is 0 Å². The minimum absolute atomic E-state index is 0.456. The van der Waals surface area contributed by atoms with Gasteiger partial charge in [-0.2, -0.15) is 0 Å². The van der Waals surface area contributed by atoms with Gasteiger partial charge in [0, 0.05) is 11.8 Å². The summed E-state index contributed by atoms with van der Waals surface area (Å²) >= 11 is 7.24. The summed E-state index contributed by atoms with van der Waals surface area (Å²) in [6, 6.07) is 3.94. The molecule has 0 aromatic carbocycles. The van der Waals surface area contributed by atoms with Gasteiger partial charge in [0.15, 0.2) is 10.8 Å². The zero-order chi connectivity index (χ0) is 9.97. The lowest BCUT2D eigenvalue weighted by molar-refractivity contribution is 0.529. The molecule has 0 aliphatic heterocycles. The molecule has 14 heavy (non-hydrogen) atoms. The average Bonchev–Trinajstić information content (AvgIpc) is 2.86. The van der Waals surface area contributed by atoms with E-state index in [1.807, 2.05) is 17.5 Å². The molecule has 0 saturated carbocycles. The third kappa shape index (κ3) is 1.83. The van der Waals surface area contributed by atoms with Crippen molar-refractivity contribution >= 4 is 22.9 Å². The first-order chi connectivity index (χ1) is 6.83. The number of alkyl halides is 1. The standard InChI is InChI=1S/C10H10ClNOS/c1-2-8-3-4-9(13-8)10-12-7(5-11)6-14-10/h3-4,6H,2,5H2,1H3. The van der Waals surface area contributed by atoms with Crippen molar-refractivity contribution in [3.05, 3.63) is 29.0 Å². The van der Waals surface area contributed by atoms with E-state index in [9.17, 15) is 0 Å². The number of nitrogens with zero attached hydrogens (tertiary/aromatic N) is 1. The molecule has 2 heterocycles. The number of aromatic nitrogens is 1. The summed E-state index contributed by atoms with van der Waals surface area (Å²) in [4.78, 5) is 4.34. The van der Waals surface area contributed by atoms with E-state index in [0.717, 1.165) is 28.6 Å². The van der Waals surface area contributed by atoms with Gasteiger partial charge >= 0.3 is 0 Å². The lowest BCUT2D eigenvalue weighted by Gasteiger charge is -1.89. The summed E-state index contributed by atoms with van der Waals surface area (Å²) in [6.45, 7) is 2.06. The van der Waals surface area contributed by atoms with E-state index in [2.05, 4.69) is 11.9 Å². The molecule has 0 amide bonds. The van der Waals surface area contributed by atoms with Crippen LogP contribution in [0.5, 0.6) is 0 Å². The van der Waals surface area contributed by atoms with Crippen LogP contribution in [-0.4, -0.2) is 4.98 Å². The van der Waals surface area contributed by atoms with Crippen LogP contribution in [0.25, 0.3) is 10.8 Å². The van der Waals surface area contributed by atoms with Gasteiger partial charge in [0.05, 0.1) is 11.6 Å². The molecule has 2 rings (SSSR count). The van der Waals surface area contributed by atoms with E-state index in [-0.39, 0.29) is 0 Å². The fourth-order valence-corrected chi connectivity index (χ4v) is 2.17. The first-order valence-corrected chi connectivity index (χ1v) is 5.84. The lowest BCUT2D eigenvalue weighted by atomic mass is 10.4. The van der Waals surface area contributed by atoms with Crippen LogP contribution < -0.4 is 0 Å². The van der Waals surface area contributed by atoms with Crippen LogP contribution in [0.4, 0.5) is 0 Å². The predicted octanol–water partition coefficient (Wildman–Crippen LogP) is 3.70. The zero-order valence-corrected chi connectivity index (χ0v) is 9.36. The van der Waals surface area contributed by atoms with E-state index in [1.54, 1.807) is 11.3 Å². The number of rotatable bonds is 3. The van der Waals surface area contributed by atoms with Gasteiger partial charge in [0.1, 0.15) is 5.76 Å². The maximum absolute atomic E-state index is 5.67. The summed E-state index contributed by atoms with van der Waals surface area (Å²) in [5, 5.41) is 2.86. The summed E-state index contributed by atoms with van der Waals surface area (Å²) in [7, 11) is 0. The number of halogens is 1. The number of hydrogen-bond acceptors (Lipinski definition) is 3. The molecule has 0 aliphatic rings. The monoisotopic (exact) mass is 227 g/mol. The van der Waals surface area contributed by atoms with Gasteiger partial charge in [0.2, 0.25) is 0 Å². The quantitative estimate of drug-likeness (QED) is 0.748. The number of hydrogen-bond donors (Lipinski definition) is 0. The molecule has 0 N–H and O–H groups in total. The highest BCUT2D eigenvalue weighted by atomic mass is 35.5. The van der Waals surface area contributed by atoms with Crippen molar-refractivity contribution in [2.45, 2.75) is 19.2 Å². The molecule has 2 aromatic rings. The minimum atomic E-state index is 0.456. The topological polar surface area (TPSA) is 26.0 Å². The van der Waals surface area contributed by atoms with Crippen LogP contribution >= 0.6 is 22.9 Å². The molecule has 2 nitrogen and oxygen atoms in total. The number of thiazole rings is 1. The van der Waals surface area contributed by atoms with Gasteiger partial charge in [-0.1, -0.05) is 6.92 Å². The summed E-state index contributed by atoms with van der Waals surface area (Å²) in [5.74, 6) is 2.28. The first kappa shape index (κ1) is 9.74. The van der Waals surface area contributed by atoms with Crippen molar-refractivity contribution in [1.29, 1.82) is 0 Å². The Labute approximate surface area is 91.5 Å². The highest BCUT2D eigenvalue weighted by molar-refractivity contribution is 7.13. The van der Waals surface area contributed by atoms with Crippen molar-refractivity contribution in [1.82, 2.24) is 4.98 Å². The molecule has 0 bridgehead atoms. The van der Waals surface area contributed by atoms with Crippen molar-refractivity contribution in [3.63, 3.8) is 0 Å². The van der Waals surface area contributed by atoms with E-state index in [4.69, 9.17) is 16.0 Å². The van der Waals surface area contributed by atoms with Crippen molar-refractivity contribution < 1.29 is 4.42 Å². The molecule has 0 saturated heterocycles. The third-order valence-electron chi connectivity index (χ3n) is 1.91. The van der Waals surface area contributed by atoms with Crippen LogP contribution in [0.15, 0.2) is 21.9 Å². The Kier molecular flexibility index (Phi) is 2.89. The zero-order valence-electron chi connectivity index (χ0n) is 7.79. The van der Waals surface area contributed by atoms with Crippen molar-refractivity contribution in [3.8, 4) is 10.8 Å². The molecule has 2 aromatic heterocycles. The van der Waals surface area contributed by atoms with Crippen LogP contribution in [0.2, 0.25) is 0 Å². The molecule has 0 atom stereocenters.